The maximum Gasteiger partial charge on any atom is 0.323 e. The van der Waals surface area contributed by atoms with Crippen LogP contribution in [0.4, 0.5) is 11.9 Å². The van der Waals surface area contributed by atoms with Crippen LogP contribution in [0.5, 0.6) is 6.01 Å². The molecule has 118 valence electrons. The Labute approximate surface area is 126 Å². The fourth-order valence-electron chi connectivity index (χ4n) is 2.46. The van der Waals surface area contributed by atoms with Gasteiger partial charge in [-0.2, -0.15) is 15.0 Å². The fourth-order valence-corrected chi connectivity index (χ4v) is 2.46. The van der Waals surface area contributed by atoms with Gasteiger partial charge in [0.2, 0.25) is 11.9 Å². The molecule has 3 N–H and O–H groups in total. The summed E-state index contributed by atoms with van der Waals surface area (Å²) in [5, 5.41) is 0. The molecule has 1 aromatic rings. The van der Waals surface area contributed by atoms with Crippen LogP contribution in [0.2, 0.25) is 0 Å². The van der Waals surface area contributed by atoms with Crippen molar-refractivity contribution in [3.05, 3.63) is 0 Å². The smallest absolute Gasteiger partial charge is 0.323 e. The number of hydrogen-bond donors (Lipinski definition) is 2. The summed E-state index contributed by atoms with van der Waals surface area (Å²) in [4.78, 5) is 15.0. The topological polar surface area (TPSA) is 89.2 Å². The first-order valence-corrected chi connectivity index (χ1v) is 7.44. The number of nitrogens with one attached hydrogen (secondary N) is 1. The van der Waals surface area contributed by atoms with Gasteiger partial charge in [0.25, 0.3) is 0 Å². The third-order valence-electron chi connectivity index (χ3n) is 3.77. The summed E-state index contributed by atoms with van der Waals surface area (Å²) < 4.78 is 5.57. The van der Waals surface area contributed by atoms with Crippen molar-refractivity contribution >= 4 is 11.9 Å². The average Bonchev–Trinajstić information content (AvgIpc) is 2.86. The van der Waals surface area contributed by atoms with Crippen LogP contribution >= 0.6 is 0 Å². The number of hydrazine groups is 1. The Morgan fingerprint density at radius 3 is 2.52 bits per heavy atom. The van der Waals surface area contributed by atoms with Crippen molar-refractivity contribution in [1.29, 1.82) is 0 Å². The minimum absolute atomic E-state index is 0.00627. The number of nitrogen functional groups attached to an aromatic ring is 1. The number of anilines is 2. The van der Waals surface area contributed by atoms with Gasteiger partial charge in [-0.25, -0.2) is 5.84 Å². The molecule has 21 heavy (non-hydrogen) atoms. The van der Waals surface area contributed by atoms with Crippen molar-refractivity contribution in [2.75, 3.05) is 23.4 Å². The number of nitrogens with zero attached hydrogens (tertiary/aromatic N) is 4. The maximum absolute atomic E-state index is 5.57. The van der Waals surface area contributed by atoms with Gasteiger partial charge in [0.15, 0.2) is 0 Å². The number of hydrogen-bond acceptors (Lipinski definition) is 7. The van der Waals surface area contributed by atoms with E-state index in [1.807, 2.05) is 13.8 Å². The molecule has 1 aliphatic heterocycles. The molecule has 0 aliphatic carbocycles. The highest BCUT2D eigenvalue weighted by molar-refractivity contribution is 5.39. The van der Waals surface area contributed by atoms with Gasteiger partial charge in [0.1, 0.15) is 0 Å². The molecular formula is C14H26N6O. The number of nitrogens with two attached hydrogens (primary N) is 1. The minimum atomic E-state index is 0.00627. The summed E-state index contributed by atoms with van der Waals surface area (Å²) in [5.41, 5.74) is 2.76. The highest BCUT2D eigenvalue weighted by Crippen LogP contribution is 2.35. The number of ether oxygens (including phenoxy) is 1. The van der Waals surface area contributed by atoms with E-state index < -0.39 is 0 Å². The van der Waals surface area contributed by atoms with Gasteiger partial charge < -0.3 is 9.64 Å². The second kappa shape index (κ2) is 6.01. The molecule has 2 rings (SSSR count). The number of rotatable bonds is 4. The van der Waals surface area contributed by atoms with E-state index in [1.54, 1.807) is 0 Å². The number of aromatic nitrogens is 3. The molecule has 0 spiro atoms. The fraction of sp³-hybridized carbons (Fsp3) is 0.786. The Balaban J connectivity index is 2.19. The second-order valence-electron chi connectivity index (χ2n) is 6.85. The van der Waals surface area contributed by atoms with E-state index in [9.17, 15) is 0 Å². The molecule has 0 amide bonds. The lowest BCUT2D eigenvalue weighted by Crippen LogP contribution is -2.28. The van der Waals surface area contributed by atoms with E-state index in [4.69, 9.17) is 10.6 Å². The summed E-state index contributed by atoms with van der Waals surface area (Å²) in [5.74, 6) is 7.01. The summed E-state index contributed by atoms with van der Waals surface area (Å²) >= 11 is 0. The predicted octanol–water partition coefficient (Wildman–Crippen LogP) is 1.82. The van der Waals surface area contributed by atoms with Gasteiger partial charge >= 0.3 is 6.01 Å². The van der Waals surface area contributed by atoms with Crippen molar-refractivity contribution in [3.8, 4) is 6.01 Å². The first-order valence-electron chi connectivity index (χ1n) is 7.44. The van der Waals surface area contributed by atoms with Crippen LogP contribution in [0.25, 0.3) is 0 Å². The van der Waals surface area contributed by atoms with E-state index in [0.29, 0.717) is 23.8 Å². The summed E-state index contributed by atoms with van der Waals surface area (Å²) in [7, 11) is 0. The quantitative estimate of drug-likeness (QED) is 0.646. The molecule has 1 fully saturated rings. The molecule has 0 saturated carbocycles. The Morgan fingerprint density at radius 2 is 2.00 bits per heavy atom. The van der Waals surface area contributed by atoms with Crippen molar-refractivity contribution in [2.24, 2.45) is 17.2 Å². The van der Waals surface area contributed by atoms with Gasteiger partial charge in [0.05, 0.1) is 6.10 Å². The van der Waals surface area contributed by atoms with E-state index in [0.717, 1.165) is 19.5 Å². The van der Waals surface area contributed by atoms with Crippen molar-refractivity contribution in [1.82, 2.24) is 15.0 Å². The molecule has 1 aliphatic rings. The van der Waals surface area contributed by atoms with Crippen LogP contribution in [-0.4, -0.2) is 34.1 Å². The second-order valence-corrected chi connectivity index (χ2v) is 6.85. The van der Waals surface area contributed by atoms with Gasteiger partial charge in [-0.3, -0.25) is 5.43 Å². The highest BCUT2D eigenvalue weighted by atomic mass is 16.5. The summed E-state index contributed by atoms with van der Waals surface area (Å²) in [6.45, 7) is 12.6. The van der Waals surface area contributed by atoms with Gasteiger partial charge in [-0.05, 0) is 31.6 Å². The lowest BCUT2D eigenvalue weighted by atomic mass is 9.80. The van der Waals surface area contributed by atoms with Crippen molar-refractivity contribution < 1.29 is 4.74 Å². The third kappa shape index (κ3) is 3.93. The van der Waals surface area contributed by atoms with Crippen LogP contribution in [0, 0.1) is 11.3 Å². The Morgan fingerprint density at radius 1 is 1.29 bits per heavy atom. The first-order chi connectivity index (χ1) is 9.79. The molecule has 7 heteroatoms. The highest BCUT2D eigenvalue weighted by Gasteiger charge is 2.33. The van der Waals surface area contributed by atoms with Crippen LogP contribution in [0.15, 0.2) is 0 Å². The normalized spacial score (nSPS) is 19.2. The van der Waals surface area contributed by atoms with Crippen molar-refractivity contribution in [3.63, 3.8) is 0 Å². The Kier molecular flexibility index (Phi) is 4.51. The lowest BCUT2D eigenvalue weighted by molar-refractivity contribution is 0.222. The summed E-state index contributed by atoms with van der Waals surface area (Å²) in [6.07, 6.45) is 1.15. The molecule has 0 radical (unpaired) electrons. The van der Waals surface area contributed by atoms with E-state index in [2.05, 4.69) is 46.0 Å². The molecule has 1 aromatic heterocycles. The SMILES string of the molecule is CC(C)Oc1nc(NN)nc(N2CCC(C(C)(C)C)C2)n1. The molecule has 0 aromatic carbocycles. The van der Waals surface area contributed by atoms with Gasteiger partial charge in [-0.15, -0.1) is 0 Å². The standard InChI is InChI=1S/C14H26N6O/c1-9(2)21-13-17-11(19-15)16-12(18-13)20-7-6-10(8-20)14(3,4)5/h9-10H,6-8,15H2,1-5H3,(H,16,17,18,19). The predicted molar refractivity (Wildman–Crippen MR) is 83.2 cm³/mol. The molecule has 1 saturated heterocycles. The lowest BCUT2D eigenvalue weighted by Gasteiger charge is -2.27. The molecule has 0 bridgehead atoms. The molecule has 1 unspecified atom stereocenters. The van der Waals surface area contributed by atoms with Gasteiger partial charge in [0, 0.05) is 13.1 Å². The van der Waals surface area contributed by atoms with Crippen molar-refractivity contribution in [2.45, 2.75) is 47.1 Å². The van der Waals surface area contributed by atoms with E-state index in [1.165, 1.54) is 0 Å². The third-order valence-corrected chi connectivity index (χ3v) is 3.77. The summed E-state index contributed by atoms with van der Waals surface area (Å²) in [6, 6.07) is 0.308. The van der Waals surface area contributed by atoms with E-state index >= 15 is 0 Å². The van der Waals surface area contributed by atoms with Crippen LogP contribution in [0.1, 0.15) is 41.0 Å². The maximum atomic E-state index is 5.57. The zero-order chi connectivity index (χ0) is 15.6. The van der Waals surface area contributed by atoms with E-state index in [-0.39, 0.29) is 11.5 Å². The molecule has 2 heterocycles. The molecule has 7 nitrogen and oxygen atoms in total. The molecular weight excluding hydrogens is 268 g/mol. The molecule has 1 atom stereocenters. The zero-order valence-corrected chi connectivity index (χ0v) is 13.6. The van der Waals surface area contributed by atoms with Crippen LogP contribution < -0.4 is 20.9 Å². The largest absolute Gasteiger partial charge is 0.461 e. The van der Waals surface area contributed by atoms with Crippen LogP contribution in [-0.2, 0) is 0 Å². The average molecular weight is 294 g/mol. The first kappa shape index (κ1) is 15.8. The Bertz CT molecular complexity index is 485. The monoisotopic (exact) mass is 294 g/mol. The van der Waals surface area contributed by atoms with Crippen LogP contribution in [0.3, 0.4) is 0 Å². The zero-order valence-electron chi connectivity index (χ0n) is 13.6. The van der Waals surface area contributed by atoms with Gasteiger partial charge in [-0.1, -0.05) is 20.8 Å². The Hall–Kier alpha value is -1.63. The minimum Gasteiger partial charge on any atom is -0.461 e.